The fourth-order valence-electron chi connectivity index (χ4n) is 4.44. The lowest BCUT2D eigenvalue weighted by molar-refractivity contribution is 0.0941. The van der Waals surface area contributed by atoms with Crippen molar-refractivity contribution in [2.24, 2.45) is 0 Å². The van der Waals surface area contributed by atoms with Gasteiger partial charge in [-0.3, -0.25) is 9.59 Å². The molecule has 148 valence electrons. The normalized spacial score (nSPS) is 14.9. The summed E-state index contributed by atoms with van der Waals surface area (Å²) in [6.07, 6.45) is 2.60. The van der Waals surface area contributed by atoms with Gasteiger partial charge in [0.15, 0.2) is 0 Å². The molecular weight excluding hydrogens is 372 g/mol. The van der Waals surface area contributed by atoms with Crippen molar-refractivity contribution in [2.45, 2.75) is 25.4 Å². The van der Waals surface area contributed by atoms with Gasteiger partial charge in [0.05, 0.1) is 11.6 Å². The van der Waals surface area contributed by atoms with Crippen LogP contribution < -0.4 is 10.7 Å². The Balaban J connectivity index is 1.59. The van der Waals surface area contributed by atoms with E-state index in [2.05, 4.69) is 22.9 Å². The third-order valence-corrected chi connectivity index (χ3v) is 5.91. The lowest BCUT2D eigenvalue weighted by Gasteiger charge is -2.20. The quantitative estimate of drug-likeness (QED) is 0.548. The molecule has 0 saturated carbocycles. The Morgan fingerprint density at radius 3 is 2.20 bits per heavy atom. The van der Waals surface area contributed by atoms with Crippen molar-refractivity contribution in [1.82, 2.24) is 9.88 Å². The molecule has 4 nitrogen and oxygen atoms in total. The van der Waals surface area contributed by atoms with Crippen LogP contribution in [0.1, 0.15) is 46.1 Å². The van der Waals surface area contributed by atoms with Gasteiger partial charge in [0.1, 0.15) is 5.56 Å². The van der Waals surface area contributed by atoms with E-state index in [9.17, 15) is 9.59 Å². The predicted molar refractivity (Wildman–Crippen MR) is 119 cm³/mol. The van der Waals surface area contributed by atoms with Gasteiger partial charge in [-0.1, -0.05) is 72.8 Å². The van der Waals surface area contributed by atoms with Crippen molar-refractivity contribution >= 4 is 16.8 Å². The maximum absolute atomic E-state index is 13.3. The van der Waals surface area contributed by atoms with Crippen LogP contribution in [0.4, 0.5) is 0 Å². The van der Waals surface area contributed by atoms with Crippen LogP contribution in [0.25, 0.3) is 10.9 Å². The molecule has 4 aromatic rings. The zero-order valence-electron chi connectivity index (χ0n) is 16.7. The van der Waals surface area contributed by atoms with Crippen LogP contribution in [0.15, 0.2) is 89.9 Å². The highest BCUT2D eigenvalue weighted by Crippen LogP contribution is 2.31. The number of hydrogen-bond donors (Lipinski definition) is 1. The molecule has 0 spiro atoms. The van der Waals surface area contributed by atoms with Crippen molar-refractivity contribution in [3.8, 4) is 0 Å². The van der Waals surface area contributed by atoms with E-state index in [1.54, 1.807) is 6.20 Å². The number of rotatable bonds is 4. The number of nitrogens with one attached hydrogen (secondary N) is 1. The van der Waals surface area contributed by atoms with Crippen molar-refractivity contribution < 1.29 is 4.79 Å². The molecule has 1 aromatic heterocycles. The van der Waals surface area contributed by atoms with Crippen LogP contribution in [0.3, 0.4) is 0 Å². The smallest absolute Gasteiger partial charge is 0.257 e. The SMILES string of the molecule is C[C@H]1Cc2cccc3c(=O)c(C(=O)NC(c4ccccc4)c4ccccc4)cn1c23. The van der Waals surface area contributed by atoms with E-state index in [-0.39, 0.29) is 29.0 Å². The number of amides is 1. The molecule has 1 aliphatic heterocycles. The number of nitrogens with zero attached hydrogens (tertiary/aromatic N) is 1. The molecule has 0 aliphatic carbocycles. The third kappa shape index (κ3) is 3.01. The van der Waals surface area contributed by atoms with Crippen LogP contribution >= 0.6 is 0 Å². The summed E-state index contributed by atoms with van der Waals surface area (Å²) in [6, 6.07) is 25.3. The molecule has 1 atom stereocenters. The number of para-hydroxylation sites is 1. The number of carbonyl (C=O) groups is 1. The van der Waals surface area contributed by atoms with Crippen molar-refractivity contribution in [3.63, 3.8) is 0 Å². The van der Waals surface area contributed by atoms with Crippen LogP contribution in [0.5, 0.6) is 0 Å². The van der Waals surface area contributed by atoms with Crippen molar-refractivity contribution in [3.05, 3.63) is 118 Å². The molecule has 4 heteroatoms. The second-order valence-corrected chi connectivity index (χ2v) is 7.87. The Hall–Kier alpha value is -3.66. The highest BCUT2D eigenvalue weighted by molar-refractivity contribution is 5.98. The molecule has 0 unspecified atom stereocenters. The summed E-state index contributed by atoms with van der Waals surface area (Å²) in [4.78, 5) is 26.5. The van der Waals surface area contributed by atoms with Crippen molar-refractivity contribution in [2.75, 3.05) is 0 Å². The highest BCUT2D eigenvalue weighted by Gasteiger charge is 2.26. The van der Waals surface area contributed by atoms with E-state index in [1.165, 1.54) is 0 Å². The van der Waals surface area contributed by atoms with Gasteiger partial charge in [-0.15, -0.1) is 0 Å². The van der Waals surface area contributed by atoms with Crippen LogP contribution in [-0.2, 0) is 6.42 Å². The van der Waals surface area contributed by atoms with Crippen LogP contribution in [0.2, 0.25) is 0 Å². The molecule has 1 aliphatic rings. The van der Waals surface area contributed by atoms with Gasteiger partial charge < -0.3 is 9.88 Å². The molecule has 0 fully saturated rings. The fourth-order valence-corrected chi connectivity index (χ4v) is 4.44. The number of benzene rings is 3. The van der Waals surface area contributed by atoms with E-state index in [4.69, 9.17) is 0 Å². The maximum atomic E-state index is 13.3. The summed E-state index contributed by atoms with van der Waals surface area (Å²) in [5, 5.41) is 3.71. The van der Waals surface area contributed by atoms with Gasteiger partial charge in [-0.05, 0) is 36.1 Å². The molecule has 30 heavy (non-hydrogen) atoms. The molecule has 1 amide bonds. The fraction of sp³-hybridized carbons (Fsp3) is 0.154. The minimum Gasteiger partial charge on any atom is -0.343 e. The average molecular weight is 394 g/mol. The van der Waals surface area contributed by atoms with Gasteiger partial charge in [0.25, 0.3) is 5.91 Å². The summed E-state index contributed by atoms with van der Waals surface area (Å²) in [5.41, 5.74) is 4.03. The highest BCUT2D eigenvalue weighted by atomic mass is 16.2. The first-order valence-electron chi connectivity index (χ1n) is 10.2. The Bertz CT molecular complexity index is 1250. The van der Waals surface area contributed by atoms with Crippen LogP contribution in [0, 0.1) is 0 Å². The second-order valence-electron chi connectivity index (χ2n) is 7.87. The summed E-state index contributed by atoms with van der Waals surface area (Å²) in [6.45, 7) is 2.11. The number of pyridine rings is 1. The summed E-state index contributed by atoms with van der Waals surface area (Å²) in [5.74, 6) is -0.354. The van der Waals surface area contributed by atoms with Gasteiger partial charge >= 0.3 is 0 Å². The lowest BCUT2D eigenvalue weighted by atomic mass is 9.98. The van der Waals surface area contributed by atoms with Gasteiger partial charge in [-0.2, -0.15) is 0 Å². The third-order valence-electron chi connectivity index (χ3n) is 5.91. The largest absolute Gasteiger partial charge is 0.343 e. The number of carbonyl (C=O) groups excluding carboxylic acids is 1. The molecule has 1 N–H and O–H groups in total. The standard InChI is InChI=1S/C26H22N2O2/c1-17-15-20-13-8-14-21-24(20)28(17)16-22(25(21)29)26(30)27-23(18-9-4-2-5-10-18)19-11-6-3-7-12-19/h2-14,16-17,23H,15H2,1H3,(H,27,30)/t17-/m0/s1. The number of aromatic nitrogens is 1. The zero-order chi connectivity index (χ0) is 20.7. The molecule has 0 saturated heterocycles. The van der Waals surface area contributed by atoms with E-state index < -0.39 is 0 Å². The number of hydrogen-bond acceptors (Lipinski definition) is 2. The van der Waals surface area contributed by atoms with Gasteiger partial charge in [0.2, 0.25) is 5.43 Å². The average Bonchev–Trinajstić information content (AvgIpc) is 3.11. The molecule has 5 rings (SSSR count). The molecule has 2 heterocycles. The monoisotopic (exact) mass is 394 g/mol. The molecule has 3 aromatic carbocycles. The zero-order valence-corrected chi connectivity index (χ0v) is 16.7. The summed E-state index contributed by atoms with van der Waals surface area (Å²) in [7, 11) is 0. The molecule has 0 bridgehead atoms. The van der Waals surface area contributed by atoms with Gasteiger partial charge in [-0.25, -0.2) is 0 Å². The first kappa shape index (κ1) is 18.4. The minimum absolute atomic E-state index is 0.185. The van der Waals surface area contributed by atoms with E-state index in [0.29, 0.717) is 5.39 Å². The maximum Gasteiger partial charge on any atom is 0.257 e. The first-order chi connectivity index (χ1) is 14.6. The lowest BCUT2D eigenvalue weighted by Crippen LogP contribution is -2.33. The minimum atomic E-state index is -0.354. The van der Waals surface area contributed by atoms with E-state index in [0.717, 1.165) is 28.6 Å². The summed E-state index contributed by atoms with van der Waals surface area (Å²) < 4.78 is 2.07. The first-order valence-corrected chi connectivity index (χ1v) is 10.2. The summed E-state index contributed by atoms with van der Waals surface area (Å²) >= 11 is 0. The topological polar surface area (TPSA) is 51.1 Å². The van der Waals surface area contributed by atoms with Crippen molar-refractivity contribution in [1.29, 1.82) is 0 Å². The Labute approximate surface area is 174 Å². The molecule has 0 radical (unpaired) electrons. The second kappa shape index (κ2) is 7.30. The Morgan fingerprint density at radius 2 is 1.57 bits per heavy atom. The van der Waals surface area contributed by atoms with E-state index in [1.807, 2.05) is 72.8 Å². The van der Waals surface area contributed by atoms with E-state index >= 15 is 0 Å². The molecular formula is C26H22N2O2. The van der Waals surface area contributed by atoms with Crippen LogP contribution in [-0.4, -0.2) is 10.5 Å². The predicted octanol–water partition coefficient (Wildman–Crippen LogP) is 4.64. The Morgan fingerprint density at radius 1 is 0.933 bits per heavy atom. The van der Waals surface area contributed by atoms with Gasteiger partial charge in [0, 0.05) is 17.6 Å². The Kier molecular flexibility index (Phi) is 4.47.